The predicted octanol–water partition coefficient (Wildman–Crippen LogP) is -4.20. The van der Waals surface area contributed by atoms with Gasteiger partial charge >= 0.3 is 0 Å². The quantitative estimate of drug-likeness (QED) is 0.1000. The van der Waals surface area contributed by atoms with Crippen molar-refractivity contribution in [2.24, 2.45) is 0 Å². The van der Waals surface area contributed by atoms with E-state index in [1.165, 1.54) is 4.90 Å². The highest BCUT2D eigenvalue weighted by Gasteiger charge is 2.34. The molecule has 0 amide bonds. The van der Waals surface area contributed by atoms with Crippen molar-refractivity contribution in [3.8, 4) is 5.75 Å². The number of ether oxygens (including phenoxy) is 1. The van der Waals surface area contributed by atoms with Crippen LogP contribution in [0.4, 0.5) is 0 Å². The van der Waals surface area contributed by atoms with E-state index < -0.39 is 62.0 Å². The summed E-state index contributed by atoms with van der Waals surface area (Å²) in [5.74, 6) is 0.571. The Balaban J connectivity index is 2.83. The Bertz CT molecular complexity index is 635. The molecule has 0 unspecified atom stereocenters. The van der Waals surface area contributed by atoms with Gasteiger partial charge in [0.1, 0.15) is 49.0 Å². The number of benzene rings is 1. The first-order valence-corrected chi connectivity index (χ1v) is 11.2. The summed E-state index contributed by atoms with van der Waals surface area (Å²) in [4.78, 5) is 1.37. The average Bonchev–Trinajstić information content (AvgIpc) is 2.85. The largest absolute Gasteiger partial charge is 0.492 e. The molecule has 8 atom stereocenters. The molecule has 0 saturated heterocycles. The van der Waals surface area contributed by atoms with Gasteiger partial charge in [-0.25, -0.2) is 0 Å². The Kier molecular flexibility index (Phi) is 14.0. The first kappa shape index (κ1) is 30.6. The van der Waals surface area contributed by atoms with Crippen LogP contribution in [0.1, 0.15) is 12.5 Å². The summed E-state index contributed by atoms with van der Waals surface area (Å²) in [5.41, 5.74) is 1.12. The smallest absolute Gasteiger partial charge is 0.119 e. The summed E-state index contributed by atoms with van der Waals surface area (Å²) < 4.78 is 5.65. The van der Waals surface area contributed by atoms with E-state index in [2.05, 4.69) is 0 Å². The molecule has 0 radical (unpaired) electrons. The van der Waals surface area contributed by atoms with Crippen LogP contribution in [0.15, 0.2) is 24.3 Å². The van der Waals surface area contributed by atoms with E-state index in [9.17, 15) is 40.9 Å². The van der Waals surface area contributed by atoms with Gasteiger partial charge < -0.3 is 55.8 Å². The molecule has 0 spiro atoms. The standard InChI is InChI=1S/C22H39NO11/c1-2-13-3-5-14(6-4-13)34-8-7-23(9-15(26)19(30)21(32)17(28)11-24)10-16(27)20(31)22(33)18(29)12-25/h3-6,15-22,24-33H,2,7-12H2,1H3/t15-,16-,17-,18-,19-,20-,21-,22-/m1/s1. The number of nitrogens with zero attached hydrogens (tertiary/aromatic N) is 1. The Morgan fingerprint density at radius 3 is 1.47 bits per heavy atom. The van der Waals surface area contributed by atoms with E-state index in [0.29, 0.717) is 5.75 Å². The Hall–Kier alpha value is -1.42. The molecule has 1 aromatic rings. The number of hydrogen-bond donors (Lipinski definition) is 10. The molecule has 12 heteroatoms. The van der Waals surface area contributed by atoms with E-state index >= 15 is 0 Å². The Labute approximate surface area is 198 Å². The maximum absolute atomic E-state index is 10.3. The van der Waals surface area contributed by atoms with Gasteiger partial charge in [0.15, 0.2) is 0 Å². The van der Waals surface area contributed by atoms with Gasteiger partial charge in [-0.15, -0.1) is 0 Å². The van der Waals surface area contributed by atoms with Crippen molar-refractivity contribution in [3.63, 3.8) is 0 Å². The lowest BCUT2D eigenvalue weighted by Crippen LogP contribution is -2.53. The molecule has 0 saturated carbocycles. The monoisotopic (exact) mass is 493 g/mol. The van der Waals surface area contributed by atoms with Crippen LogP contribution in [-0.4, -0.2) is 144 Å². The minimum Gasteiger partial charge on any atom is -0.492 e. The zero-order chi connectivity index (χ0) is 25.8. The number of aryl methyl sites for hydroxylation is 1. The van der Waals surface area contributed by atoms with Crippen LogP contribution in [0.3, 0.4) is 0 Å². The number of rotatable bonds is 17. The summed E-state index contributed by atoms with van der Waals surface area (Å²) in [6, 6.07) is 7.35. The van der Waals surface area contributed by atoms with Crippen molar-refractivity contribution in [1.82, 2.24) is 4.90 Å². The highest BCUT2D eigenvalue weighted by Crippen LogP contribution is 2.14. The molecule has 0 heterocycles. The molecule has 10 N–H and O–H groups in total. The fourth-order valence-electron chi connectivity index (χ4n) is 3.24. The Morgan fingerprint density at radius 2 is 1.09 bits per heavy atom. The highest BCUT2D eigenvalue weighted by molar-refractivity contribution is 5.27. The van der Waals surface area contributed by atoms with Crippen LogP contribution in [0.2, 0.25) is 0 Å². The van der Waals surface area contributed by atoms with Crippen LogP contribution in [-0.2, 0) is 6.42 Å². The summed E-state index contributed by atoms with van der Waals surface area (Å²) in [7, 11) is 0. The van der Waals surface area contributed by atoms with Crippen molar-refractivity contribution in [2.75, 3.05) is 39.5 Å². The van der Waals surface area contributed by atoms with Gasteiger partial charge in [-0.05, 0) is 24.1 Å². The van der Waals surface area contributed by atoms with Gasteiger partial charge in [-0.3, -0.25) is 4.90 Å². The van der Waals surface area contributed by atoms with E-state index in [0.717, 1.165) is 12.0 Å². The molecule has 0 bridgehead atoms. The van der Waals surface area contributed by atoms with Crippen molar-refractivity contribution in [1.29, 1.82) is 0 Å². The van der Waals surface area contributed by atoms with E-state index in [1.807, 2.05) is 19.1 Å². The first-order chi connectivity index (χ1) is 16.0. The fourth-order valence-corrected chi connectivity index (χ4v) is 3.24. The molecule has 34 heavy (non-hydrogen) atoms. The van der Waals surface area contributed by atoms with Crippen molar-refractivity contribution in [2.45, 2.75) is 62.2 Å². The first-order valence-electron chi connectivity index (χ1n) is 11.2. The third-order valence-corrected chi connectivity index (χ3v) is 5.55. The molecule has 12 nitrogen and oxygen atoms in total. The average molecular weight is 494 g/mol. The van der Waals surface area contributed by atoms with Gasteiger partial charge in [0.25, 0.3) is 0 Å². The second kappa shape index (κ2) is 15.5. The second-order valence-corrected chi connectivity index (χ2v) is 8.20. The molecule has 0 aromatic heterocycles. The second-order valence-electron chi connectivity index (χ2n) is 8.20. The molecular formula is C22H39NO11. The van der Waals surface area contributed by atoms with Gasteiger partial charge in [-0.1, -0.05) is 19.1 Å². The minimum absolute atomic E-state index is 0.0698. The normalized spacial score (nSPS) is 19.2. The van der Waals surface area contributed by atoms with Crippen LogP contribution < -0.4 is 4.74 Å². The maximum Gasteiger partial charge on any atom is 0.119 e. The topological polar surface area (TPSA) is 215 Å². The minimum atomic E-state index is -1.84. The van der Waals surface area contributed by atoms with Gasteiger partial charge in [0.2, 0.25) is 0 Å². The molecule has 1 aromatic carbocycles. The molecule has 1 rings (SSSR count). The van der Waals surface area contributed by atoms with Crippen LogP contribution >= 0.6 is 0 Å². The van der Waals surface area contributed by atoms with Crippen LogP contribution in [0.5, 0.6) is 5.75 Å². The van der Waals surface area contributed by atoms with Crippen LogP contribution in [0, 0.1) is 0 Å². The summed E-state index contributed by atoms with van der Waals surface area (Å²) in [5, 5.41) is 97.3. The lowest BCUT2D eigenvalue weighted by molar-refractivity contribution is -0.130. The predicted molar refractivity (Wildman–Crippen MR) is 120 cm³/mol. The summed E-state index contributed by atoms with van der Waals surface area (Å²) in [6.45, 7) is -0.222. The number of aliphatic hydroxyl groups excluding tert-OH is 10. The highest BCUT2D eigenvalue weighted by atomic mass is 16.5. The SMILES string of the molecule is CCc1ccc(OCCN(C[C@@H](O)[C@@H](O)[C@H](O)[C@H](O)CO)C[C@@H](O)[C@@H](O)[C@H](O)[C@H](O)CO)cc1. The third kappa shape index (κ3) is 9.68. The molecule has 0 aliphatic rings. The van der Waals surface area contributed by atoms with Crippen LogP contribution in [0.25, 0.3) is 0 Å². The summed E-state index contributed by atoms with van der Waals surface area (Å²) >= 11 is 0. The summed E-state index contributed by atoms with van der Waals surface area (Å²) in [6.07, 6.45) is -13.1. The molecular weight excluding hydrogens is 454 g/mol. The van der Waals surface area contributed by atoms with E-state index in [4.69, 9.17) is 14.9 Å². The molecule has 0 fully saturated rings. The van der Waals surface area contributed by atoms with Gasteiger partial charge in [0, 0.05) is 19.6 Å². The van der Waals surface area contributed by atoms with Gasteiger partial charge in [0.05, 0.1) is 25.4 Å². The zero-order valence-electron chi connectivity index (χ0n) is 19.2. The lowest BCUT2D eigenvalue weighted by atomic mass is 10.0. The van der Waals surface area contributed by atoms with Crippen molar-refractivity contribution in [3.05, 3.63) is 29.8 Å². The fraction of sp³-hybridized carbons (Fsp3) is 0.727. The Morgan fingerprint density at radius 1 is 0.676 bits per heavy atom. The zero-order valence-corrected chi connectivity index (χ0v) is 19.2. The lowest BCUT2D eigenvalue weighted by Gasteiger charge is -2.33. The number of hydrogen-bond acceptors (Lipinski definition) is 12. The van der Waals surface area contributed by atoms with E-state index in [1.54, 1.807) is 12.1 Å². The molecule has 0 aliphatic heterocycles. The van der Waals surface area contributed by atoms with Crippen molar-refractivity contribution >= 4 is 0 Å². The van der Waals surface area contributed by atoms with E-state index in [-0.39, 0.29) is 26.2 Å². The molecule has 198 valence electrons. The molecule has 0 aliphatic carbocycles. The third-order valence-electron chi connectivity index (χ3n) is 5.55. The van der Waals surface area contributed by atoms with Gasteiger partial charge in [-0.2, -0.15) is 0 Å². The maximum atomic E-state index is 10.3. The van der Waals surface area contributed by atoms with Crippen molar-refractivity contribution < 1.29 is 55.8 Å². The number of aliphatic hydroxyl groups is 10.